The Labute approximate surface area is 115 Å². The van der Waals surface area contributed by atoms with E-state index in [-0.39, 0.29) is 5.91 Å². The van der Waals surface area contributed by atoms with Crippen LogP contribution in [0, 0.1) is 0 Å². The summed E-state index contributed by atoms with van der Waals surface area (Å²) in [5.74, 6) is -0.0340. The summed E-state index contributed by atoms with van der Waals surface area (Å²) in [4.78, 5) is 14.6. The molecule has 0 atom stereocenters. The summed E-state index contributed by atoms with van der Waals surface area (Å²) < 4.78 is 1.07. The second-order valence-electron chi connectivity index (χ2n) is 3.92. The van der Waals surface area contributed by atoms with Gasteiger partial charge in [0.05, 0.1) is 3.79 Å². The molecule has 0 unspecified atom stereocenters. The number of carbonyl (C=O) groups is 1. The Morgan fingerprint density at radius 2 is 2.29 bits per heavy atom. The fraction of sp³-hybridized carbons (Fsp3) is 0.417. The average Bonchev–Trinajstić information content (AvgIpc) is 2.67. The molecule has 0 aliphatic rings. The maximum Gasteiger partial charge on any atom is 0.244 e. The minimum atomic E-state index is -0.0340. The zero-order chi connectivity index (χ0) is 12.7. The molecule has 1 amide bonds. The van der Waals surface area contributed by atoms with Crippen LogP contribution in [-0.4, -0.2) is 38.0 Å². The molecule has 1 aromatic rings. The monoisotopic (exact) mass is 316 g/mol. The van der Waals surface area contributed by atoms with Crippen LogP contribution in [0.15, 0.2) is 22.0 Å². The van der Waals surface area contributed by atoms with E-state index in [1.165, 1.54) is 0 Å². The van der Waals surface area contributed by atoms with Crippen molar-refractivity contribution in [1.29, 1.82) is 0 Å². The van der Waals surface area contributed by atoms with Gasteiger partial charge in [0, 0.05) is 17.5 Å². The molecule has 0 fully saturated rings. The standard InChI is InChI=1S/C12H17BrN2OS/c1-15(2)9-3-8-14-12(16)7-5-10-4-6-11(13)17-10/h4-7H,3,8-9H2,1-2H3,(H,14,16)/b7-5+. The number of rotatable bonds is 6. The molecule has 0 aliphatic heterocycles. The van der Waals surface area contributed by atoms with Gasteiger partial charge in [-0.05, 0) is 61.2 Å². The predicted octanol–water partition coefficient (Wildman–Crippen LogP) is 2.59. The Balaban J connectivity index is 2.23. The Morgan fingerprint density at radius 1 is 1.53 bits per heavy atom. The summed E-state index contributed by atoms with van der Waals surface area (Å²) in [5, 5.41) is 2.86. The molecule has 5 heteroatoms. The summed E-state index contributed by atoms with van der Waals surface area (Å²) >= 11 is 4.99. The van der Waals surface area contributed by atoms with Crippen molar-refractivity contribution in [2.24, 2.45) is 0 Å². The van der Waals surface area contributed by atoms with Gasteiger partial charge in [-0.1, -0.05) is 0 Å². The molecule has 0 radical (unpaired) electrons. The second-order valence-corrected chi connectivity index (χ2v) is 6.42. The van der Waals surface area contributed by atoms with Crippen LogP contribution in [0.3, 0.4) is 0 Å². The summed E-state index contributed by atoms with van der Waals surface area (Å²) in [5.41, 5.74) is 0. The van der Waals surface area contributed by atoms with Crippen molar-refractivity contribution in [3.63, 3.8) is 0 Å². The first-order valence-corrected chi connectivity index (χ1v) is 7.05. The molecule has 1 aromatic heterocycles. The minimum Gasteiger partial charge on any atom is -0.353 e. The van der Waals surface area contributed by atoms with Gasteiger partial charge in [-0.3, -0.25) is 4.79 Å². The highest BCUT2D eigenvalue weighted by molar-refractivity contribution is 9.11. The Hall–Kier alpha value is -0.650. The summed E-state index contributed by atoms with van der Waals surface area (Å²) in [6.45, 7) is 1.71. The van der Waals surface area contributed by atoms with E-state index < -0.39 is 0 Å². The van der Waals surface area contributed by atoms with Crippen LogP contribution >= 0.6 is 27.3 Å². The van der Waals surface area contributed by atoms with Gasteiger partial charge in [-0.15, -0.1) is 11.3 Å². The van der Waals surface area contributed by atoms with Gasteiger partial charge in [0.2, 0.25) is 5.91 Å². The van der Waals surface area contributed by atoms with Gasteiger partial charge in [0.15, 0.2) is 0 Å². The Kier molecular flexibility index (Phi) is 6.47. The molecule has 1 heterocycles. The van der Waals surface area contributed by atoms with Crippen molar-refractivity contribution in [1.82, 2.24) is 10.2 Å². The predicted molar refractivity (Wildman–Crippen MR) is 77.2 cm³/mol. The van der Waals surface area contributed by atoms with Crippen molar-refractivity contribution in [2.75, 3.05) is 27.2 Å². The first-order valence-electron chi connectivity index (χ1n) is 5.44. The van der Waals surface area contributed by atoms with Crippen LogP contribution in [0.2, 0.25) is 0 Å². The van der Waals surface area contributed by atoms with Gasteiger partial charge in [0.1, 0.15) is 0 Å². The molecular formula is C12H17BrN2OS. The van der Waals surface area contributed by atoms with Crippen molar-refractivity contribution in [3.8, 4) is 0 Å². The van der Waals surface area contributed by atoms with Crippen LogP contribution in [0.1, 0.15) is 11.3 Å². The smallest absolute Gasteiger partial charge is 0.244 e. The molecule has 0 saturated carbocycles. The maximum atomic E-state index is 11.4. The molecule has 1 N–H and O–H groups in total. The minimum absolute atomic E-state index is 0.0340. The summed E-state index contributed by atoms with van der Waals surface area (Å²) in [6.07, 6.45) is 4.38. The molecule has 17 heavy (non-hydrogen) atoms. The molecule has 0 spiro atoms. The number of amides is 1. The third-order valence-corrected chi connectivity index (χ3v) is 3.66. The quantitative estimate of drug-likeness (QED) is 0.646. The second kappa shape index (κ2) is 7.63. The van der Waals surface area contributed by atoms with E-state index >= 15 is 0 Å². The molecule has 0 saturated heterocycles. The maximum absolute atomic E-state index is 11.4. The molecule has 1 rings (SSSR count). The zero-order valence-electron chi connectivity index (χ0n) is 10.1. The lowest BCUT2D eigenvalue weighted by atomic mass is 10.3. The molecule has 0 aromatic carbocycles. The lowest BCUT2D eigenvalue weighted by molar-refractivity contribution is -0.116. The summed E-state index contributed by atoms with van der Waals surface area (Å²) in [7, 11) is 4.05. The molecular weight excluding hydrogens is 300 g/mol. The number of halogens is 1. The highest BCUT2D eigenvalue weighted by atomic mass is 79.9. The Morgan fingerprint density at radius 3 is 2.88 bits per heavy atom. The normalized spacial score (nSPS) is 11.3. The topological polar surface area (TPSA) is 32.3 Å². The lowest BCUT2D eigenvalue weighted by Gasteiger charge is -2.08. The first-order chi connectivity index (χ1) is 8.08. The fourth-order valence-electron chi connectivity index (χ4n) is 1.24. The van der Waals surface area contributed by atoms with Crippen LogP contribution in [0.5, 0.6) is 0 Å². The lowest BCUT2D eigenvalue weighted by Crippen LogP contribution is -2.25. The van der Waals surface area contributed by atoms with Gasteiger partial charge in [0.25, 0.3) is 0 Å². The van der Waals surface area contributed by atoms with Gasteiger partial charge >= 0.3 is 0 Å². The number of thiophene rings is 1. The van der Waals surface area contributed by atoms with Crippen LogP contribution < -0.4 is 5.32 Å². The van der Waals surface area contributed by atoms with Crippen molar-refractivity contribution < 1.29 is 4.79 Å². The van der Waals surface area contributed by atoms with Crippen molar-refractivity contribution in [2.45, 2.75) is 6.42 Å². The van der Waals surface area contributed by atoms with Crippen LogP contribution in [0.25, 0.3) is 6.08 Å². The number of nitrogens with one attached hydrogen (secondary N) is 1. The zero-order valence-corrected chi connectivity index (χ0v) is 12.5. The number of hydrogen-bond donors (Lipinski definition) is 1. The Bertz CT molecular complexity index is 388. The van der Waals surface area contributed by atoms with Crippen LogP contribution in [0.4, 0.5) is 0 Å². The fourth-order valence-corrected chi connectivity index (χ4v) is 2.57. The third-order valence-electron chi connectivity index (χ3n) is 2.07. The first kappa shape index (κ1) is 14.4. The van der Waals surface area contributed by atoms with E-state index in [4.69, 9.17) is 0 Å². The van der Waals surface area contributed by atoms with Gasteiger partial charge < -0.3 is 10.2 Å². The third kappa shape index (κ3) is 6.61. The average molecular weight is 317 g/mol. The van der Waals surface area contributed by atoms with Crippen molar-refractivity contribution in [3.05, 3.63) is 26.9 Å². The summed E-state index contributed by atoms with van der Waals surface area (Å²) in [6, 6.07) is 3.95. The number of hydrogen-bond acceptors (Lipinski definition) is 3. The number of carbonyl (C=O) groups excluding carboxylic acids is 1. The van der Waals surface area contributed by atoms with E-state index in [2.05, 4.69) is 26.1 Å². The molecule has 94 valence electrons. The molecule has 0 bridgehead atoms. The van der Waals surface area contributed by atoms with E-state index in [1.807, 2.05) is 32.3 Å². The van der Waals surface area contributed by atoms with Gasteiger partial charge in [-0.2, -0.15) is 0 Å². The highest BCUT2D eigenvalue weighted by Crippen LogP contribution is 2.22. The van der Waals surface area contributed by atoms with E-state index in [9.17, 15) is 4.79 Å². The number of nitrogens with zero attached hydrogens (tertiary/aromatic N) is 1. The largest absolute Gasteiger partial charge is 0.353 e. The van der Waals surface area contributed by atoms with E-state index in [0.717, 1.165) is 28.2 Å². The van der Waals surface area contributed by atoms with E-state index in [1.54, 1.807) is 17.4 Å². The van der Waals surface area contributed by atoms with Crippen LogP contribution in [-0.2, 0) is 4.79 Å². The van der Waals surface area contributed by atoms with Crippen molar-refractivity contribution >= 4 is 39.2 Å². The molecule has 3 nitrogen and oxygen atoms in total. The SMILES string of the molecule is CN(C)CCCNC(=O)/C=C/c1ccc(Br)s1. The highest BCUT2D eigenvalue weighted by Gasteiger charge is 1.97. The molecule has 0 aliphatic carbocycles. The van der Waals surface area contributed by atoms with E-state index in [0.29, 0.717) is 0 Å². The van der Waals surface area contributed by atoms with Gasteiger partial charge in [-0.25, -0.2) is 0 Å².